The lowest BCUT2D eigenvalue weighted by Gasteiger charge is -2.30. The van der Waals surface area contributed by atoms with Crippen molar-refractivity contribution in [3.8, 4) is 5.75 Å². The Labute approximate surface area is 159 Å². The van der Waals surface area contributed by atoms with E-state index in [9.17, 15) is 14.4 Å². The van der Waals surface area contributed by atoms with E-state index in [1.54, 1.807) is 0 Å². The van der Waals surface area contributed by atoms with Crippen LogP contribution in [0.2, 0.25) is 0 Å². The molecule has 0 aromatic heterocycles. The number of nitrogens with one attached hydrogen (secondary N) is 1. The van der Waals surface area contributed by atoms with Crippen LogP contribution in [0.4, 0.5) is 0 Å². The summed E-state index contributed by atoms with van der Waals surface area (Å²) >= 11 is 0. The van der Waals surface area contributed by atoms with Crippen LogP contribution in [0, 0.1) is 0 Å². The minimum absolute atomic E-state index is 0.165. The van der Waals surface area contributed by atoms with Crippen LogP contribution < -0.4 is 15.8 Å². The van der Waals surface area contributed by atoms with Gasteiger partial charge in [-0.05, 0) is 43.4 Å². The molecule has 2 aliphatic rings. The SMILES string of the molecule is NC1CCN(C(=O)CCCOc2ccc(C3CCC(=O)NC3=O)cc2)CC1. The van der Waals surface area contributed by atoms with Crippen molar-refractivity contribution in [1.29, 1.82) is 0 Å². The molecule has 1 aromatic carbocycles. The summed E-state index contributed by atoms with van der Waals surface area (Å²) < 4.78 is 5.70. The number of imide groups is 1. The van der Waals surface area contributed by atoms with Gasteiger partial charge in [0, 0.05) is 32.0 Å². The van der Waals surface area contributed by atoms with Crippen molar-refractivity contribution in [2.24, 2.45) is 5.73 Å². The van der Waals surface area contributed by atoms with Gasteiger partial charge in [0.25, 0.3) is 0 Å². The molecule has 0 aliphatic carbocycles. The second-order valence-corrected chi connectivity index (χ2v) is 7.24. The van der Waals surface area contributed by atoms with E-state index in [0.717, 1.165) is 31.5 Å². The number of ether oxygens (including phenoxy) is 1. The third kappa shape index (κ3) is 5.29. The maximum absolute atomic E-state index is 12.2. The second-order valence-electron chi connectivity index (χ2n) is 7.24. The summed E-state index contributed by atoms with van der Waals surface area (Å²) in [6.45, 7) is 1.97. The van der Waals surface area contributed by atoms with Crippen LogP contribution in [0.15, 0.2) is 24.3 Å². The molecule has 146 valence electrons. The minimum atomic E-state index is -0.285. The van der Waals surface area contributed by atoms with E-state index >= 15 is 0 Å². The molecule has 3 amide bonds. The zero-order valence-electron chi connectivity index (χ0n) is 15.5. The van der Waals surface area contributed by atoms with Crippen LogP contribution in [0.5, 0.6) is 5.75 Å². The Balaban J connectivity index is 1.39. The van der Waals surface area contributed by atoms with E-state index in [1.165, 1.54) is 0 Å². The Hall–Kier alpha value is -2.41. The largest absolute Gasteiger partial charge is 0.494 e. The number of hydrogen-bond donors (Lipinski definition) is 2. The highest BCUT2D eigenvalue weighted by Crippen LogP contribution is 2.26. The number of benzene rings is 1. The molecule has 7 heteroatoms. The van der Waals surface area contributed by atoms with Gasteiger partial charge in [0.15, 0.2) is 0 Å². The van der Waals surface area contributed by atoms with Crippen molar-refractivity contribution in [3.63, 3.8) is 0 Å². The smallest absolute Gasteiger partial charge is 0.234 e. The summed E-state index contributed by atoms with van der Waals surface area (Å²) in [5, 5.41) is 2.37. The van der Waals surface area contributed by atoms with Crippen molar-refractivity contribution >= 4 is 17.7 Å². The Morgan fingerprint density at radius 1 is 1.15 bits per heavy atom. The van der Waals surface area contributed by atoms with Gasteiger partial charge in [-0.1, -0.05) is 12.1 Å². The number of nitrogens with two attached hydrogens (primary N) is 1. The lowest BCUT2D eigenvalue weighted by Crippen LogP contribution is -2.42. The molecule has 2 fully saturated rings. The average Bonchev–Trinajstić information content (AvgIpc) is 2.66. The monoisotopic (exact) mass is 373 g/mol. The number of carbonyl (C=O) groups excluding carboxylic acids is 3. The predicted molar refractivity (Wildman–Crippen MR) is 100 cm³/mol. The molecule has 2 saturated heterocycles. The number of carbonyl (C=O) groups is 3. The van der Waals surface area contributed by atoms with Gasteiger partial charge in [0.2, 0.25) is 17.7 Å². The van der Waals surface area contributed by atoms with Gasteiger partial charge >= 0.3 is 0 Å². The highest BCUT2D eigenvalue weighted by Gasteiger charge is 2.27. The first kappa shape index (κ1) is 19.4. The van der Waals surface area contributed by atoms with E-state index in [0.29, 0.717) is 38.0 Å². The molecule has 0 radical (unpaired) electrons. The maximum Gasteiger partial charge on any atom is 0.234 e. The lowest BCUT2D eigenvalue weighted by molar-refractivity contribution is -0.134. The molecule has 2 aliphatic heterocycles. The number of piperidine rings is 2. The highest BCUT2D eigenvalue weighted by molar-refractivity contribution is 6.00. The van der Waals surface area contributed by atoms with Crippen LogP contribution in [-0.2, 0) is 14.4 Å². The molecule has 1 unspecified atom stereocenters. The quantitative estimate of drug-likeness (QED) is 0.578. The molecule has 1 atom stereocenters. The molecule has 7 nitrogen and oxygen atoms in total. The summed E-state index contributed by atoms with van der Waals surface area (Å²) in [5.74, 6) is 0.142. The van der Waals surface area contributed by atoms with Crippen molar-refractivity contribution in [1.82, 2.24) is 10.2 Å². The van der Waals surface area contributed by atoms with Gasteiger partial charge in [-0.25, -0.2) is 0 Å². The first-order chi connectivity index (χ1) is 13.0. The highest BCUT2D eigenvalue weighted by atomic mass is 16.5. The lowest BCUT2D eigenvalue weighted by atomic mass is 9.90. The average molecular weight is 373 g/mol. The zero-order valence-corrected chi connectivity index (χ0v) is 15.5. The minimum Gasteiger partial charge on any atom is -0.494 e. The molecule has 0 saturated carbocycles. The maximum atomic E-state index is 12.2. The second kappa shape index (κ2) is 8.99. The van der Waals surface area contributed by atoms with Gasteiger partial charge in [-0.15, -0.1) is 0 Å². The topological polar surface area (TPSA) is 102 Å². The van der Waals surface area contributed by atoms with Crippen LogP contribution in [-0.4, -0.2) is 48.4 Å². The van der Waals surface area contributed by atoms with Crippen molar-refractivity contribution in [2.75, 3.05) is 19.7 Å². The fraction of sp³-hybridized carbons (Fsp3) is 0.550. The molecule has 0 bridgehead atoms. The van der Waals surface area contributed by atoms with E-state index in [2.05, 4.69) is 5.32 Å². The van der Waals surface area contributed by atoms with Crippen LogP contribution >= 0.6 is 0 Å². The van der Waals surface area contributed by atoms with Crippen LogP contribution in [0.25, 0.3) is 0 Å². The molecule has 3 rings (SSSR count). The Morgan fingerprint density at radius 2 is 1.85 bits per heavy atom. The number of nitrogens with zero attached hydrogens (tertiary/aromatic N) is 1. The fourth-order valence-electron chi connectivity index (χ4n) is 3.53. The van der Waals surface area contributed by atoms with Crippen LogP contribution in [0.1, 0.15) is 50.0 Å². The van der Waals surface area contributed by atoms with Crippen LogP contribution in [0.3, 0.4) is 0 Å². The van der Waals surface area contributed by atoms with Crippen molar-refractivity contribution < 1.29 is 19.1 Å². The predicted octanol–water partition coefficient (Wildman–Crippen LogP) is 1.32. The van der Waals surface area contributed by atoms with Gasteiger partial charge in [-0.3, -0.25) is 19.7 Å². The Kier molecular flexibility index (Phi) is 6.45. The molecule has 27 heavy (non-hydrogen) atoms. The van der Waals surface area contributed by atoms with Crippen molar-refractivity contribution in [3.05, 3.63) is 29.8 Å². The van der Waals surface area contributed by atoms with E-state index in [1.807, 2.05) is 29.2 Å². The third-order valence-electron chi connectivity index (χ3n) is 5.22. The Bertz CT molecular complexity index is 681. The number of amides is 3. The number of rotatable bonds is 6. The molecular weight excluding hydrogens is 346 g/mol. The zero-order chi connectivity index (χ0) is 19.2. The molecule has 1 aromatic rings. The summed E-state index contributed by atoms with van der Waals surface area (Å²) in [4.78, 5) is 37.2. The molecule has 0 spiro atoms. The molecular formula is C20H27N3O4. The summed E-state index contributed by atoms with van der Waals surface area (Å²) in [5.41, 5.74) is 6.74. The van der Waals surface area contributed by atoms with Gasteiger partial charge in [0.05, 0.1) is 12.5 Å². The number of hydrogen-bond acceptors (Lipinski definition) is 5. The Morgan fingerprint density at radius 3 is 2.52 bits per heavy atom. The van der Waals surface area contributed by atoms with E-state index in [4.69, 9.17) is 10.5 Å². The summed E-state index contributed by atoms with van der Waals surface area (Å²) in [6.07, 6.45) is 3.80. The van der Waals surface area contributed by atoms with Gasteiger partial charge < -0.3 is 15.4 Å². The number of likely N-dealkylation sites (tertiary alicyclic amines) is 1. The van der Waals surface area contributed by atoms with Gasteiger partial charge in [0.1, 0.15) is 5.75 Å². The first-order valence-electron chi connectivity index (χ1n) is 9.63. The fourth-order valence-corrected chi connectivity index (χ4v) is 3.53. The van der Waals surface area contributed by atoms with Crippen molar-refractivity contribution in [2.45, 2.75) is 50.5 Å². The summed E-state index contributed by atoms with van der Waals surface area (Å²) in [7, 11) is 0. The van der Waals surface area contributed by atoms with E-state index < -0.39 is 0 Å². The molecule has 3 N–H and O–H groups in total. The van der Waals surface area contributed by atoms with E-state index in [-0.39, 0.29) is 29.7 Å². The molecule has 2 heterocycles. The third-order valence-corrected chi connectivity index (χ3v) is 5.22. The summed E-state index contributed by atoms with van der Waals surface area (Å²) in [6, 6.07) is 7.59. The standard InChI is InChI=1S/C20H27N3O4/c21-15-9-11-23(12-10-15)19(25)2-1-13-27-16-5-3-14(4-6-16)17-7-8-18(24)22-20(17)26/h3-6,15,17H,1-2,7-13,21H2,(H,22,24,26). The van der Waals surface area contributed by atoms with Gasteiger partial charge in [-0.2, -0.15) is 0 Å². The first-order valence-corrected chi connectivity index (χ1v) is 9.63. The normalized spacial score (nSPS) is 21.1.